The molecule has 0 saturated carbocycles. The number of rotatable bonds is 12. The zero-order chi connectivity index (χ0) is 30.2. The van der Waals surface area contributed by atoms with Gasteiger partial charge in [-0.25, -0.2) is 4.79 Å². The lowest BCUT2D eigenvalue weighted by molar-refractivity contribution is -0.769. The van der Waals surface area contributed by atoms with E-state index in [0.717, 1.165) is 18.4 Å². The van der Waals surface area contributed by atoms with Gasteiger partial charge in [-0.3, -0.25) is 10.1 Å². The van der Waals surface area contributed by atoms with Gasteiger partial charge in [0.1, 0.15) is 12.1 Å². The molecule has 0 spiro atoms. The van der Waals surface area contributed by atoms with Gasteiger partial charge in [-0.05, 0) is 50.5 Å². The fraction of sp³-hybridized carbons (Fsp3) is 0.714. The molecule has 3 heterocycles. The molecule has 41 heavy (non-hydrogen) atoms. The Morgan fingerprint density at radius 3 is 2.61 bits per heavy atom. The minimum Gasteiger partial charge on any atom is -0.480 e. The fourth-order valence-corrected chi connectivity index (χ4v) is 5.56. The zero-order valence-corrected chi connectivity index (χ0v) is 24.1. The summed E-state index contributed by atoms with van der Waals surface area (Å²) in [5.41, 5.74) is 0.893. The Balaban J connectivity index is 0.000000317. The van der Waals surface area contributed by atoms with Gasteiger partial charge in [-0.2, -0.15) is 0 Å². The standard InChI is InChI=1S/C22H34N2O5.C6H9NO5/c1-5-29-21(28)17(12-11-16-9-7-6-8-10-16)23-15(2)19(25)24-14-22(3,4)13-18(24)20(26)27;8-7(9)12-5-3-11-4-1-2-10-6(4)5/h6-10,15,17-18,21,23,28H,5,11-14H2,1-4H3,(H,26,27);4-6H,1-3H2/t;4-,5?,6+/m.1/s1. The average Bonchev–Trinajstić information content (AvgIpc) is 3.62. The lowest BCUT2D eigenvalue weighted by Crippen LogP contribution is -2.54. The number of nitrogens with one attached hydrogen (secondary N) is 1. The third kappa shape index (κ3) is 9.33. The number of ether oxygens (including phenoxy) is 3. The summed E-state index contributed by atoms with van der Waals surface area (Å²) in [5, 5.41) is 32.3. The monoisotopic (exact) mass is 581 g/mol. The third-order valence-corrected chi connectivity index (χ3v) is 7.53. The molecule has 3 fully saturated rings. The number of nitrogens with zero attached hydrogens (tertiary/aromatic N) is 2. The minimum atomic E-state index is -1.05. The third-order valence-electron chi connectivity index (χ3n) is 7.53. The van der Waals surface area contributed by atoms with Gasteiger partial charge in [0.05, 0.1) is 24.8 Å². The molecule has 1 amide bonds. The molecule has 13 heteroatoms. The second kappa shape index (κ2) is 14.9. The minimum absolute atomic E-state index is 0.00468. The van der Waals surface area contributed by atoms with E-state index in [1.165, 1.54) is 4.90 Å². The van der Waals surface area contributed by atoms with Crippen molar-refractivity contribution in [1.29, 1.82) is 0 Å². The normalized spacial score (nSPS) is 26.8. The molecule has 4 rings (SSSR count). The van der Waals surface area contributed by atoms with Gasteiger partial charge in [0.2, 0.25) is 5.91 Å². The Hall–Kier alpha value is -2.84. The van der Waals surface area contributed by atoms with E-state index in [2.05, 4.69) is 10.2 Å². The number of aryl methyl sites for hydroxylation is 1. The maximum atomic E-state index is 13.0. The number of likely N-dealkylation sites (tertiary alicyclic amines) is 1. The number of carboxylic acid groups (broad SMARTS) is 1. The molecule has 230 valence electrons. The molecule has 0 aliphatic carbocycles. The van der Waals surface area contributed by atoms with Crippen LogP contribution in [-0.2, 0) is 35.1 Å². The second-order valence-corrected chi connectivity index (χ2v) is 11.4. The molecular weight excluding hydrogens is 538 g/mol. The Bertz CT molecular complexity index is 1010. The first-order valence-electron chi connectivity index (χ1n) is 14.1. The predicted octanol–water partition coefficient (Wildman–Crippen LogP) is 1.78. The van der Waals surface area contributed by atoms with E-state index in [4.69, 9.17) is 14.2 Å². The van der Waals surface area contributed by atoms with Crippen molar-refractivity contribution in [1.82, 2.24) is 10.2 Å². The Labute approximate surface area is 240 Å². The number of hydrogen-bond acceptors (Lipinski definition) is 10. The SMILES string of the molecule is CCOC(O)C(CCc1ccccc1)NC(C)C(=O)N1CC(C)(C)CC1C(=O)O.O=[N+]([O-])OC1CO[C@@H]2CCO[C@H]12. The van der Waals surface area contributed by atoms with Gasteiger partial charge in [0, 0.05) is 19.8 Å². The lowest BCUT2D eigenvalue weighted by atomic mass is 9.91. The summed E-state index contributed by atoms with van der Waals surface area (Å²) in [6.07, 6.45) is 0.707. The van der Waals surface area contributed by atoms with Crippen LogP contribution in [0.15, 0.2) is 30.3 Å². The van der Waals surface area contributed by atoms with Crippen LogP contribution in [0.1, 0.15) is 52.5 Å². The Morgan fingerprint density at radius 2 is 1.98 bits per heavy atom. The van der Waals surface area contributed by atoms with Crippen LogP contribution < -0.4 is 5.32 Å². The summed E-state index contributed by atoms with van der Waals surface area (Å²) in [6, 6.07) is 8.00. The molecular formula is C28H43N3O10. The van der Waals surface area contributed by atoms with Crippen LogP contribution in [0.2, 0.25) is 0 Å². The molecule has 0 bridgehead atoms. The van der Waals surface area contributed by atoms with Crippen LogP contribution in [0.3, 0.4) is 0 Å². The van der Waals surface area contributed by atoms with Gasteiger partial charge < -0.3 is 34.2 Å². The average molecular weight is 582 g/mol. The van der Waals surface area contributed by atoms with Crippen molar-refractivity contribution in [3.8, 4) is 0 Å². The summed E-state index contributed by atoms with van der Waals surface area (Å²) >= 11 is 0. The number of benzene rings is 1. The zero-order valence-electron chi connectivity index (χ0n) is 24.1. The lowest BCUT2D eigenvalue weighted by Gasteiger charge is -2.30. The van der Waals surface area contributed by atoms with Gasteiger partial charge in [-0.15, -0.1) is 10.1 Å². The van der Waals surface area contributed by atoms with Crippen molar-refractivity contribution < 1.29 is 43.9 Å². The first kappa shape index (κ1) is 32.7. The molecule has 0 aromatic heterocycles. The molecule has 3 aliphatic rings. The smallest absolute Gasteiger partial charge is 0.326 e. The summed E-state index contributed by atoms with van der Waals surface area (Å²) in [7, 11) is 0. The number of carbonyl (C=O) groups excluding carboxylic acids is 1. The molecule has 3 N–H and O–H groups in total. The van der Waals surface area contributed by atoms with E-state index in [1.54, 1.807) is 13.8 Å². The number of aliphatic carboxylic acids is 1. The highest BCUT2D eigenvalue weighted by Crippen LogP contribution is 2.34. The number of aliphatic hydroxyl groups excluding tert-OH is 1. The molecule has 0 radical (unpaired) electrons. The fourth-order valence-electron chi connectivity index (χ4n) is 5.56. The van der Waals surface area contributed by atoms with Gasteiger partial charge in [0.25, 0.3) is 5.09 Å². The molecule has 1 aromatic carbocycles. The Morgan fingerprint density at radius 1 is 1.27 bits per heavy atom. The summed E-state index contributed by atoms with van der Waals surface area (Å²) in [5.74, 6) is -1.25. The largest absolute Gasteiger partial charge is 0.480 e. The van der Waals surface area contributed by atoms with E-state index < -0.39 is 41.6 Å². The second-order valence-electron chi connectivity index (χ2n) is 11.4. The maximum absolute atomic E-state index is 13.0. The van der Waals surface area contributed by atoms with E-state index >= 15 is 0 Å². The molecule has 5 unspecified atom stereocenters. The topological polar surface area (TPSA) is 170 Å². The van der Waals surface area contributed by atoms with Crippen molar-refractivity contribution in [2.24, 2.45) is 5.41 Å². The van der Waals surface area contributed by atoms with Crippen LogP contribution in [0.4, 0.5) is 0 Å². The first-order valence-corrected chi connectivity index (χ1v) is 14.1. The van der Waals surface area contributed by atoms with E-state index in [9.17, 15) is 29.9 Å². The Kier molecular flexibility index (Phi) is 11.9. The predicted molar refractivity (Wildman–Crippen MR) is 146 cm³/mol. The number of carbonyl (C=O) groups is 2. The van der Waals surface area contributed by atoms with Crippen LogP contribution in [0.5, 0.6) is 0 Å². The van der Waals surface area contributed by atoms with E-state index in [-0.39, 0.29) is 30.1 Å². The molecule has 1 aromatic rings. The van der Waals surface area contributed by atoms with Crippen molar-refractivity contribution in [3.05, 3.63) is 46.0 Å². The van der Waals surface area contributed by atoms with Crippen molar-refractivity contribution in [3.63, 3.8) is 0 Å². The van der Waals surface area contributed by atoms with Crippen LogP contribution in [-0.4, -0.2) is 101 Å². The summed E-state index contributed by atoms with van der Waals surface area (Å²) < 4.78 is 15.8. The van der Waals surface area contributed by atoms with Gasteiger partial charge >= 0.3 is 5.97 Å². The van der Waals surface area contributed by atoms with Crippen molar-refractivity contribution >= 4 is 11.9 Å². The molecule has 3 aliphatic heterocycles. The number of amides is 1. The highest BCUT2D eigenvalue weighted by molar-refractivity contribution is 5.87. The van der Waals surface area contributed by atoms with Crippen LogP contribution in [0, 0.1) is 15.5 Å². The number of hydrogen-bond donors (Lipinski definition) is 3. The van der Waals surface area contributed by atoms with Crippen molar-refractivity contribution in [2.75, 3.05) is 26.4 Å². The van der Waals surface area contributed by atoms with Crippen LogP contribution in [0.25, 0.3) is 0 Å². The summed E-state index contributed by atoms with van der Waals surface area (Å²) in [6.45, 7) is 9.07. The van der Waals surface area contributed by atoms with Gasteiger partial charge in [0.15, 0.2) is 12.4 Å². The van der Waals surface area contributed by atoms with Crippen LogP contribution >= 0.6 is 0 Å². The molecule has 13 nitrogen and oxygen atoms in total. The maximum Gasteiger partial charge on any atom is 0.326 e. The number of fused-ring (bicyclic) bond motifs is 1. The van der Waals surface area contributed by atoms with Gasteiger partial charge in [-0.1, -0.05) is 44.2 Å². The molecule has 3 saturated heterocycles. The van der Waals surface area contributed by atoms with E-state index in [0.29, 0.717) is 32.6 Å². The molecule has 7 atom stereocenters. The first-order chi connectivity index (χ1) is 19.4. The quantitative estimate of drug-likeness (QED) is 0.187. The van der Waals surface area contributed by atoms with E-state index in [1.807, 2.05) is 44.2 Å². The number of aliphatic hydroxyl groups is 1. The highest BCUT2D eigenvalue weighted by atomic mass is 17.0. The van der Waals surface area contributed by atoms with Crippen molar-refractivity contribution in [2.45, 2.75) is 96.1 Å². The summed E-state index contributed by atoms with van der Waals surface area (Å²) in [4.78, 5) is 40.5. The number of carboxylic acids is 1. The highest BCUT2D eigenvalue weighted by Gasteiger charge is 2.45.